The lowest BCUT2D eigenvalue weighted by molar-refractivity contribution is -0.0250. The van der Waals surface area contributed by atoms with Crippen LogP contribution < -0.4 is 5.32 Å². The van der Waals surface area contributed by atoms with E-state index < -0.39 is 0 Å². The Kier molecular flexibility index (Phi) is 4.38. The number of ether oxygens (including phenoxy) is 1. The number of nitrogens with one attached hydrogen (secondary N) is 1. The van der Waals surface area contributed by atoms with Crippen LogP contribution in [0.4, 0.5) is 0 Å². The minimum Gasteiger partial charge on any atom is -0.372 e. The van der Waals surface area contributed by atoms with Crippen LogP contribution in [0.1, 0.15) is 35.6 Å². The molecule has 2 rings (SSSR count). The fourth-order valence-electron chi connectivity index (χ4n) is 2.37. The minimum absolute atomic E-state index is 0.325. The fourth-order valence-corrected chi connectivity index (χ4v) is 3.46. The van der Waals surface area contributed by atoms with Crippen molar-refractivity contribution in [3.8, 4) is 0 Å². The minimum atomic E-state index is 0.325. The lowest BCUT2D eigenvalue weighted by Crippen LogP contribution is -2.29. The van der Waals surface area contributed by atoms with Gasteiger partial charge in [0.05, 0.1) is 6.10 Å². The van der Waals surface area contributed by atoms with Gasteiger partial charge in [-0.05, 0) is 38.4 Å². The zero-order chi connectivity index (χ0) is 11.4. The van der Waals surface area contributed by atoms with Gasteiger partial charge in [0.2, 0.25) is 0 Å². The third kappa shape index (κ3) is 2.65. The average Bonchev–Trinajstić information content (AvgIpc) is 2.79. The van der Waals surface area contributed by atoms with Gasteiger partial charge in [-0.2, -0.15) is 0 Å². The van der Waals surface area contributed by atoms with E-state index in [2.05, 4.69) is 24.4 Å². The Morgan fingerprint density at radius 1 is 1.50 bits per heavy atom. The van der Waals surface area contributed by atoms with Gasteiger partial charge in [0, 0.05) is 28.8 Å². The monoisotopic (exact) mass is 239 g/mol. The number of hydrogen-bond donors (Lipinski definition) is 1. The van der Waals surface area contributed by atoms with Crippen LogP contribution in [0.15, 0.2) is 12.1 Å². The van der Waals surface area contributed by atoms with E-state index in [0.29, 0.717) is 12.0 Å². The van der Waals surface area contributed by atoms with E-state index in [1.807, 2.05) is 18.4 Å². The van der Waals surface area contributed by atoms with Crippen molar-refractivity contribution < 1.29 is 4.74 Å². The Labute approximate surface area is 102 Å². The highest BCUT2D eigenvalue weighted by Gasteiger charge is 2.27. The standard InChI is InChI=1S/C13H21NOS/c1-3-11-6-7-12(16-11)13-10(9-14-2)5-4-8-15-13/h6-7,10,13-14H,3-5,8-9H2,1-2H3. The van der Waals surface area contributed by atoms with Crippen molar-refractivity contribution in [3.63, 3.8) is 0 Å². The normalized spacial score (nSPS) is 25.9. The van der Waals surface area contributed by atoms with Crippen LogP contribution in [-0.2, 0) is 11.2 Å². The Morgan fingerprint density at radius 3 is 3.06 bits per heavy atom. The predicted octanol–water partition coefficient (Wildman–Crippen LogP) is 3.00. The summed E-state index contributed by atoms with van der Waals surface area (Å²) in [6.45, 7) is 4.19. The smallest absolute Gasteiger partial charge is 0.0956 e. The van der Waals surface area contributed by atoms with Gasteiger partial charge in [-0.15, -0.1) is 11.3 Å². The first-order valence-electron chi connectivity index (χ1n) is 6.20. The molecular formula is C13H21NOS. The van der Waals surface area contributed by atoms with Gasteiger partial charge in [0.15, 0.2) is 0 Å². The fraction of sp³-hybridized carbons (Fsp3) is 0.692. The van der Waals surface area contributed by atoms with Crippen molar-refractivity contribution >= 4 is 11.3 Å². The van der Waals surface area contributed by atoms with E-state index in [9.17, 15) is 0 Å². The molecule has 0 amide bonds. The summed E-state index contributed by atoms with van der Waals surface area (Å²) in [5.41, 5.74) is 0. The molecule has 0 aromatic carbocycles. The van der Waals surface area contributed by atoms with Crippen LogP contribution in [0, 0.1) is 5.92 Å². The van der Waals surface area contributed by atoms with Crippen LogP contribution in [0.25, 0.3) is 0 Å². The summed E-state index contributed by atoms with van der Waals surface area (Å²) < 4.78 is 5.96. The first kappa shape index (κ1) is 12.1. The molecule has 1 aromatic rings. The summed E-state index contributed by atoms with van der Waals surface area (Å²) in [5.74, 6) is 0.641. The molecule has 0 bridgehead atoms. The zero-order valence-corrected chi connectivity index (χ0v) is 11.0. The topological polar surface area (TPSA) is 21.3 Å². The molecule has 0 radical (unpaired) electrons. The highest BCUT2D eigenvalue weighted by Crippen LogP contribution is 2.36. The predicted molar refractivity (Wildman–Crippen MR) is 69.0 cm³/mol. The second-order valence-electron chi connectivity index (χ2n) is 4.41. The molecule has 0 saturated carbocycles. The lowest BCUT2D eigenvalue weighted by atomic mass is 9.93. The lowest BCUT2D eigenvalue weighted by Gasteiger charge is -2.31. The van der Waals surface area contributed by atoms with Crippen molar-refractivity contribution in [2.75, 3.05) is 20.2 Å². The van der Waals surface area contributed by atoms with E-state index in [0.717, 1.165) is 19.6 Å². The first-order chi connectivity index (χ1) is 7.85. The number of hydrogen-bond acceptors (Lipinski definition) is 3. The van der Waals surface area contributed by atoms with Crippen LogP contribution in [-0.4, -0.2) is 20.2 Å². The van der Waals surface area contributed by atoms with Gasteiger partial charge in [-0.25, -0.2) is 0 Å². The maximum atomic E-state index is 5.96. The van der Waals surface area contributed by atoms with Crippen molar-refractivity contribution in [2.24, 2.45) is 5.92 Å². The molecule has 2 atom stereocenters. The molecule has 16 heavy (non-hydrogen) atoms. The van der Waals surface area contributed by atoms with E-state index in [1.54, 1.807) is 0 Å². The van der Waals surface area contributed by atoms with E-state index in [1.165, 1.54) is 22.6 Å². The van der Waals surface area contributed by atoms with Crippen molar-refractivity contribution in [1.29, 1.82) is 0 Å². The maximum Gasteiger partial charge on any atom is 0.0956 e. The summed E-state index contributed by atoms with van der Waals surface area (Å²) in [5, 5.41) is 3.28. The maximum absolute atomic E-state index is 5.96. The number of rotatable bonds is 4. The summed E-state index contributed by atoms with van der Waals surface area (Å²) >= 11 is 1.92. The van der Waals surface area contributed by atoms with Crippen LogP contribution in [0.5, 0.6) is 0 Å². The van der Waals surface area contributed by atoms with Crippen LogP contribution in [0.3, 0.4) is 0 Å². The summed E-state index contributed by atoms with van der Waals surface area (Å²) in [6, 6.07) is 4.50. The van der Waals surface area contributed by atoms with Crippen molar-refractivity contribution in [1.82, 2.24) is 5.32 Å². The first-order valence-corrected chi connectivity index (χ1v) is 7.01. The van der Waals surface area contributed by atoms with Crippen LogP contribution >= 0.6 is 11.3 Å². The molecule has 1 fully saturated rings. The summed E-state index contributed by atoms with van der Waals surface area (Å²) in [4.78, 5) is 2.88. The molecule has 90 valence electrons. The molecular weight excluding hydrogens is 218 g/mol. The highest BCUT2D eigenvalue weighted by atomic mass is 32.1. The molecule has 1 aromatic heterocycles. The van der Waals surface area contributed by atoms with Gasteiger partial charge >= 0.3 is 0 Å². The second kappa shape index (κ2) is 5.80. The molecule has 1 saturated heterocycles. The molecule has 0 aliphatic carbocycles. The Bertz CT molecular complexity index is 321. The van der Waals surface area contributed by atoms with Gasteiger partial charge in [0.1, 0.15) is 0 Å². The molecule has 2 heterocycles. The van der Waals surface area contributed by atoms with Crippen LogP contribution in [0.2, 0.25) is 0 Å². The van der Waals surface area contributed by atoms with Gasteiger partial charge in [-0.1, -0.05) is 6.92 Å². The second-order valence-corrected chi connectivity index (χ2v) is 5.61. The van der Waals surface area contributed by atoms with E-state index >= 15 is 0 Å². The van der Waals surface area contributed by atoms with Crippen molar-refractivity contribution in [2.45, 2.75) is 32.3 Å². The van der Waals surface area contributed by atoms with Crippen molar-refractivity contribution in [3.05, 3.63) is 21.9 Å². The molecule has 0 spiro atoms. The Morgan fingerprint density at radius 2 is 2.38 bits per heavy atom. The molecule has 1 aliphatic rings. The average molecular weight is 239 g/mol. The van der Waals surface area contributed by atoms with Gasteiger partial charge in [0.25, 0.3) is 0 Å². The SMILES string of the molecule is CCc1ccc(C2OCCCC2CNC)s1. The highest BCUT2D eigenvalue weighted by molar-refractivity contribution is 7.12. The van der Waals surface area contributed by atoms with Gasteiger partial charge in [-0.3, -0.25) is 0 Å². The Balaban J connectivity index is 2.09. The molecule has 2 nitrogen and oxygen atoms in total. The van der Waals surface area contributed by atoms with E-state index in [4.69, 9.17) is 4.74 Å². The molecule has 1 N–H and O–H groups in total. The number of aryl methyl sites for hydroxylation is 1. The number of thiophene rings is 1. The van der Waals surface area contributed by atoms with Gasteiger partial charge < -0.3 is 10.1 Å². The quantitative estimate of drug-likeness (QED) is 0.872. The van der Waals surface area contributed by atoms with E-state index in [-0.39, 0.29) is 0 Å². The third-order valence-electron chi connectivity index (χ3n) is 3.22. The summed E-state index contributed by atoms with van der Waals surface area (Å²) in [7, 11) is 2.03. The largest absolute Gasteiger partial charge is 0.372 e. The molecule has 1 aliphatic heterocycles. The zero-order valence-electron chi connectivity index (χ0n) is 10.2. The Hall–Kier alpha value is -0.380. The molecule has 3 heteroatoms. The molecule has 2 unspecified atom stereocenters. The summed E-state index contributed by atoms with van der Waals surface area (Å²) in [6.07, 6.45) is 3.94. The third-order valence-corrected chi connectivity index (χ3v) is 4.51.